The predicted molar refractivity (Wildman–Crippen MR) is 107 cm³/mol. The third-order valence-electron chi connectivity index (χ3n) is 5.10. The van der Waals surface area contributed by atoms with Gasteiger partial charge in [0.15, 0.2) is 5.82 Å². The van der Waals surface area contributed by atoms with Crippen LogP contribution in [0.4, 0.5) is 8.78 Å². The molecule has 29 heavy (non-hydrogen) atoms. The van der Waals surface area contributed by atoms with E-state index in [2.05, 4.69) is 14.9 Å². The van der Waals surface area contributed by atoms with E-state index in [1.165, 1.54) is 35.0 Å². The number of alkyl halides is 2. The summed E-state index contributed by atoms with van der Waals surface area (Å²) < 4.78 is 30.2. The Kier molecular flexibility index (Phi) is 6.94. The molecule has 1 aliphatic carbocycles. The Bertz CT molecular complexity index is 825. The predicted octanol–water partition coefficient (Wildman–Crippen LogP) is 3.53. The minimum absolute atomic E-state index is 0.0416. The zero-order chi connectivity index (χ0) is 21.0. The summed E-state index contributed by atoms with van der Waals surface area (Å²) in [5, 5.41) is 8.21. The van der Waals surface area contributed by atoms with Crippen molar-refractivity contribution in [3.05, 3.63) is 24.3 Å². The lowest BCUT2D eigenvalue weighted by molar-refractivity contribution is -0.131. The van der Waals surface area contributed by atoms with Crippen LogP contribution in [0.1, 0.15) is 39.0 Å². The number of carbonyl (C=O) groups excluding carboxylic acids is 1. The maximum atomic E-state index is 12.8. The normalized spacial score (nSPS) is 16.0. The summed E-state index contributed by atoms with van der Waals surface area (Å²) in [5.74, 6) is 6.58. The molecule has 158 valence electrons. The van der Waals surface area contributed by atoms with E-state index in [0.717, 1.165) is 25.7 Å². The highest BCUT2D eigenvalue weighted by Gasteiger charge is 2.27. The van der Waals surface area contributed by atoms with E-state index < -0.39 is 6.61 Å². The van der Waals surface area contributed by atoms with Gasteiger partial charge in [-0.05, 0) is 44.0 Å². The second-order valence-electron chi connectivity index (χ2n) is 7.08. The van der Waals surface area contributed by atoms with Gasteiger partial charge >= 0.3 is 6.61 Å². The molecule has 1 saturated carbocycles. The molecule has 1 fully saturated rings. The molecule has 10 heteroatoms. The highest BCUT2D eigenvalue weighted by molar-refractivity contribution is 8.00. The largest absolute Gasteiger partial charge is 0.435 e. The average molecular weight is 426 g/mol. The molecule has 0 aliphatic heterocycles. The number of carbonyl (C=O) groups is 1. The number of nitrogens with zero attached hydrogens (tertiary/aromatic N) is 4. The molecule has 0 bridgehead atoms. The second kappa shape index (κ2) is 9.43. The van der Waals surface area contributed by atoms with Crippen molar-refractivity contribution in [2.24, 2.45) is 0 Å². The number of ether oxygens (including phenoxy) is 1. The average Bonchev–Trinajstić information content (AvgIpc) is 3.08. The first kappa shape index (κ1) is 21.4. The molecular weight excluding hydrogens is 400 g/mol. The van der Waals surface area contributed by atoms with Crippen LogP contribution in [-0.4, -0.2) is 50.6 Å². The summed E-state index contributed by atoms with van der Waals surface area (Å²) in [6.07, 6.45) is 5.64. The minimum Gasteiger partial charge on any atom is -0.435 e. The number of halogens is 2. The van der Waals surface area contributed by atoms with Gasteiger partial charge in [-0.3, -0.25) is 4.79 Å². The molecule has 0 saturated heterocycles. The Balaban J connectivity index is 1.66. The molecule has 1 atom stereocenters. The van der Waals surface area contributed by atoms with Crippen LogP contribution in [0.2, 0.25) is 0 Å². The van der Waals surface area contributed by atoms with Gasteiger partial charge in [-0.2, -0.15) is 8.78 Å². The van der Waals surface area contributed by atoms with Gasteiger partial charge in [0, 0.05) is 18.7 Å². The molecule has 1 heterocycles. The van der Waals surface area contributed by atoms with Crippen LogP contribution < -0.4 is 10.6 Å². The Morgan fingerprint density at radius 3 is 2.52 bits per heavy atom. The number of rotatable bonds is 7. The zero-order valence-corrected chi connectivity index (χ0v) is 17.2. The van der Waals surface area contributed by atoms with Gasteiger partial charge in [-0.15, -0.1) is 10.2 Å². The molecule has 0 radical (unpaired) electrons. The van der Waals surface area contributed by atoms with Crippen LogP contribution in [0.25, 0.3) is 11.4 Å². The van der Waals surface area contributed by atoms with Crippen molar-refractivity contribution in [3.8, 4) is 17.1 Å². The fraction of sp³-hybridized carbons (Fsp3) is 0.526. The Morgan fingerprint density at radius 1 is 1.24 bits per heavy atom. The standard InChI is InChI=1S/C19H25F2N5O2S/c1-12(17(27)25(2)14-6-4-3-5-7-14)29-19-24-23-16(26(19)22)13-8-10-15(11-9-13)28-18(20)21/h8-12,14,18H,3-7,22H2,1-2H3. The van der Waals surface area contributed by atoms with Gasteiger partial charge in [-0.1, -0.05) is 31.0 Å². The van der Waals surface area contributed by atoms with E-state index in [9.17, 15) is 13.6 Å². The van der Waals surface area contributed by atoms with Crippen molar-refractivity contribution in [1.29, 1.82) is 0 Å². The Labute approximate surface area is 172 Å². The highest BCUT2D eigenvalue weighted by Crippen LogP contribution is 2.28. The van der Waals surface area contributed by atoms with Gasteiger partial charge in [0.1, 0.15) is 5.75 Å². The first-order valence-electron chi connectivity index (χ1n) is 9.56. The van der Waals surface area contributed by atoms with E-state index in [1.54, 1.807) is 12.1 Å². The van der Waals surface area contributed by atoms with E-state index >= 15 is 0 Å². The maximum Gasteiger partial charge on any atom is 0.387 e. The smallest absolute Gasteiger partial charge is 0.387 e. The number of hydrogen-bond donors (Lipinski definition) is 1. The molecule has 2 N–H and O–H groups in total. The van der Waals surface area contributed by atoms with E-state index in [-0.39, 0.29) is 16.9 Å². The summed E-state index contributed by atoms with van der Waals surface area (Å²) in [6, 6.07) is 6.26. The fourth-order valence-electron chi connectivity index (χ4n) is 3.48. The summed E-state index contributed by atoms with van der Waals surface area (Å²) >= 11 is 1.25. The van der Waals surface area contributed by atoms with E-state index in [1.807, 2.05) is 18.9 Å². The number of thioether (sulfide) groups is 1. The molecule has 1 amide bonds. The van der Waals surface area contributed by atoms with Crippen LogP contribution >= 0.6 is 11.8 Å². The minimum atomic E-state index is -2.88. The van der Waals surface area contributed by atoms with Crippen molar-refractivity contribution in [3.63, 3.8) is 0 Å². The van der Waals surface area contributed by atoms with E-state index in [4.69, 9.17) is 5.84 Å². The number of nitrogen functional groups attached to an aromatic ring is 1. The molecule has 1 aromatic carbocycles. The van der Waals surface area contributed by atoms with Crippen molar-refractivity contribution < 1.29 is 18.3 Å². The lowest BCUT2D eigenvalue weighted by atomic mass is 9.94. The van der Waals surface area contributed by atoms with E-state index in [0.29, 0.717) is 22.6 Å². The molecule has 1 aliphatic rings. The molecule has 2 aromatic rings. The molecule has 3 rings (SSSR count). The molecular formula is C19H25F2N5O2S. The SMILES string of the molecule is CC(Sc1nnc(-c2ccc(OC(F)F)cc2)n1N)C(=O)N(C)C1CCCCC1. The van der Waals surface area contributed by atoms with Crippen molar-refractivity contribution >= 4 is 17.7 Å². The third kappa shape index (κ3) is 5.17. The van der Waals surface area contributed by atoms with Crippen LogP contribution in [0.15, 0.2) is 29.4 Å². The maximum absolute atomic E-state index is 12.8. The van der Waals surface area contributed by atoms with Gasteiger partial charge in [0.05, 0.1) is 5.25 Å². The lowest BCUT2D eigenvalue weighted by Gasteiger charge is -2.32. The highest BCUT2D eigenvalue weighted by atomic mass is 32.2. The summed E-state index contributed by atoms with van der Waals surface area (Å²) in [6.45, 7) is -1.05. The Morgan fingerprint density at radius 2 is 1.90 bits per heavy atom. The number of nitrogens with two attached hydrogens (primary N) is 1. The summed E-state index contributed by atoms with van der Waals surface area (Å²) in [7, 11) is 1.86. The Hall–Kier alpha value is -2.36. The van der Waals surface area contributed by atoms with Crippen LogP contribution in [-0.2, 0) is 4.79 Å². The van der Waals surface area contributed by atoms with Crippen LogP contribution in [0.3, 0.4) is 0 Å². The summed E-state index contributed by atoms with van der Waals surface area (Å²) in [4.78, 5) is 14.6. The van der Waals surface area contributed by atoms with Crippen molar-refractivity contribution in [2.75, 3.05) is 12.9 Å². The second-order valence-corrected chi connectivity index (χ2v) is 8.39. The quantitative estimate of drug-likeness (QED) is 0.540. The third-order valence-corrected chi connectivity index (χ3v) is 6.15. The van der Waals surface area contributed by atoms with Gasteiger partial charge in [-0.25, -0.2) is 4.68 Å². The lowest BCUT2D eigenvalue weighted by Crippen LogP contribution is -2.42. The molecule has 1 aromatic heterocycles. The first-order valence-corrected chi connectivity index (χ1v) is 10.4. The molecule has 7 nitrogen and oxygen atoms in total. The number of amides is 1. The fourth-order valence-corrected chi connectivity index (χ4v) is 4.35. The number of benzene rings is 1. The first-order chi connectivity index (χ1) is 13.9. The zero-order valence-electron chi connectivity index (χ0n) is 16.4. The van der Waals surface area contributed by atoms with Crippen molar-refractivity contribution in [1.82, 2.24) is 19.8 Å². The van der Waals surface area contributed by atoms with Crippen LogP contribution in [0, 0.1) is 0 Å². The van der Waals surface area contributed by atoms with Gasteiger partial charge < -0.3 is 15.5 Å². The molecule has 1 unspecified atom stereocenters. The molecule has 0 spiro atoms. The monoisotopic (exact) mass is 425 g/mol. The van der Waals surface area contributed by atoms with Crippen molar-refractivity contribution in [2.45, 2.75) is 62.1 Å². The van der Waals surface area contributed by atoms with Crippen LogP contribution in [0.5, 0.6) is 5.75 Å². The summed E-state index contributed by atoms with van der Waals surface area (Å²) in [5.41, 5.74) is 0.603. The van der Waals surface area contributed by atoms with Gasteiger partial charge in [0.2, 0.25) is 11.1 Å². The topological polar surface area (TPSA) is 86.3 Å². The van der Waals surface area contributed by atoms with Gasteiger partial charge in [0.25, 0.3) is 0 Å². The number of hydrogen-bond acceptors (Lipinski definition) is 6. The number of aromatic nitrogens is 3.